The van der Waals surface area contributed by atoms with Gasteiger partial charge in [0.1, 0.15) is 5.75 Å². The van der Waals surface area contributed by atoms with Crippen LogP contribution in [-0.2, 0) is 6.54 Å². The monoisotopic (exact) mass is 215 g/mol. The van der Waals surface area contributed by atoms with Crippen molar-refractivity contribution in [3.8, 4) is 11.6 Å². The molecule has 0 fully saturated rings. The topological polar surface area (TPSA) is 47.0 Å². The predicted octanol–water partition coefficient (Wildman–Crippen LogP) is 1.99. The Balaban J connectivity index is 2.05. The van der Waals surface area contributed by atoms with Crippen LogP contribution in [0.4, 0.5) is 0 Å². The first-order valence-corrected chi connectivity index (χ1v) is 5.07. The fourth-order valence-electron chi connectivity index (χ4n) is 1.34. The zero-order chi connectivity index (χ0) is 11.2. The summed E-state index contributed by atoms with van der Waals surface area (Å²) in [5, 5.41) is 10.7. The van der Waals surface area contributed by atoms with E-state index >= 15 is 0 Å². The third kappa shape index (κ3) is 2.77. The molecule has 4 heteroatoms. The number of hydrogen-bond donors (Lipinski definition) is 1. The molecule has 1 aromatic heterocycles. The van der Waals surface area contributed by atoms with Crippen LogP contribution in [0, 0.1) is 0 Å². The number of nitrogens with zero attached hydrogens (tertiary/aromatic N) is 2. The molecule has 0 radical (unpaired) electrons. The molecule has 0 aliphatic heterocycles. The zero-order valence-electron chi connectivity index (χ0n) is 9.05. The lowest BCUT2D eigenvalue weighted by Gasteiger charge is -2.04. The summed E-state index contributed by atoms with van der Waals surface area (Å²) in [6.07, 6.45) is 1.61. The molecule has 82 valence electrons. The van der Waals surface area contributed by atoms with Crippen LogP contribution in [0.1, 0.15) is 5.56 Å². The minimum Gasteiger partial charge on any atom is -0.438 e. The molecule has 1 N–H and O–H groups in total. The molecule has 0 aliphatic carbocycles. The normalized spacial score (nSPS) is 10.1. The number of aromatic nitrogens is 2. The van der Waals surface area contributed by atoms with Crippen LogP contribution >= 0.6 is 0 Å². The van der Waals surface area contributed by atoms with Gasteiger partial charge in [-0.2, -0.15) is 5.10 Å². The minimum atomic E-state index is 0.504. The van der Waals surface area contributed by atoms with Crippen molar-refractivity contribution in [1.29, 1.82) is 0 Å². The quantitative estimate of drug-likeness (QED) is 0.847. The van der Waals surface area contributed by atoms with E-state index in [1.807, 2.05) is 31.3 Å². The summed E-state index contributed by atoms with van der Waals surface area (Å²) < 4.78 is 5.52. The molecule has 0 spiro atoms. The van der Waals surface area contributed by atoms with Crippen LogP contribution in [0.2, 0.25) is 0 Å². The summed E-state index contributed by atoms with van der Waals surface area (Å²) in [7, 11) is 1.92. The van der Waals surface area contributed by atoms with E-state index in [9.17, 15) is 0 Å². The number of benzene rings is 1. The van der Waals surface area contributed by atoms with Gasteiger partial charge < -0.3 is 10.1 Å². The molecule has 1 heterocycles. The van der Waals surface area contributed by atoms with Gasteiger partial charge in [-0.15, -0.1) is 5.10 Å². The van der Waals surface area contributed by atoms with Crippen molar-refractivity contribution in [3.05, 3.63) is 48.2 Å². The Morgan fingerprint density at radius 2 is 2.00 bits per heavy atom. The van der Waals surface area contributed by atoms with Gasteiger partial charge in [-0.05, 0) is 30.8 Å². The Hall–Kier alpha value is -1.94. The molecule has 0 atom stereocenters. The number of ether oxygens (including phenoxy) is 1. The molecule has 0 aliphatic rings. The van der Waals surface area contributed by atoms with E-state index in [-0.39, 0.29) is 0 Å². The third-order valence-electron chi connectivity index (χ3n) is 2.07. The summed E-state index contributed by atoms with van der Waals surface area (Å²) in [5.74, 6) is 1.27. The summed E-state index contributed by atoms with van der Waals surface area (Å²) in [6, 6.07) is 11.4. The largest absolute Gasteiger partial charge is 0.438 e. The van der Waals surface area contributed by atoms with Crippen molar-refractivity contribution < 1.29 is 4.74 Å². The van der Waals surface area contributed by atoms with Crippen molar-refractivity contribution in [1.82, 2.24) is 15.5 Å². The standard InChI is InChI=1S/C12H13N3O/c1-13-9-10-4-6-11(7-5-10)16-12-3-2-8-14-15-12/h2-8,13H,9H2,1H3. The lowest BCUT2D eigenvalue weighted by molar-refractivity contribution is 0.455. The van der Waals surface area contributed by atoms with Crippen LogP contribution in [-0.4, -0.2) is 17.2 Å². The second-order valence-corrected chi connectivity index (χ2v) is 3.34. The lowest BCUT2D eigenvalue weighted by Crippen LogP contribution is -2.04. The maximum Gasteiger partial charge on any atom is 0.238 e. The van der Waals surface area contributed by atoms with Crippen molar-refractivity contribution in [2.45, 2.75) is 6.54 Å². The fraction of sp³-hybridized carbons (Fsp3) is 0.167. The molecule has 4 nitrogen and oxygen atoms in total. The van der Waals surface area contributed by atoms with Gasteiger partial charge in [-0.3, -0.25) is 0 Å². The highest BCUT2D eigenvalue weighted by Crippen LogP contribution is 2.18. The van der Waals surface area contributed by atoms with E-state index in [0.29, 0.717) is 5.88 Å². The molecule has 0 bridgehead atoms. The maximum atomic E-state index is 5.52. The summed E-state index contributed by atoms with van der Waals surface area (Å²) in [6.45, 7) is 0.853. The maximum absolute atomic E-state index is 5.52. The van der Waals surface area contributed by atoms with E-state index in [1.54, 1.807) is 18.3 Å². The summed E-state index contributed by atoms with van der Waals surface area (Å²) >= 11 is 0. The van der Waals surface area contributed by atoms with Crippen molar-refractivity contribution in [2.75, 3.05) is 7.05 Å². The first-order valence-electron chi connectivity index (χ1n) is 5.07. The van der Waals surface area contributed by atoms with Crippen LogP contribution in [0.25, 0.3) is 0 Å². The van der Waals surface area contributed by atoms with E-state index in [2.05, 4.69) is 15.5 Å². The van der Waals surface area contributed by atoms with Gasteiger partial charge in [-0.1, -0.05) is 12.1 Å². The van der Waals surface area contributed by atoms with E-state index in [4.69, 9.17) is 4.74 Å². The summed E-state index contributed by atoms with van der Waals surface area (Å²) in [4.78, 5) is 0. The second-order valence-electron chi connectivity index (χ2n) is 3.34. The molecule has 16 heavy (non-hydrogen) atoms. The Bertz CT molecular complexity index is 428. The minimum absolute atomic E-state index is 0.504. The van der Waals surface area contributed by atoms with Crippen LogP contribution < -0.4 is 10.1 Å². The molecule has 0 saturated carbocycles. The zero-order valence-corrected chi connectivity index (χ0v) is 9.05. The van der Waals surface area contributed by atoms with Gasteiger partial charge in [0.05, 0.1) is 0 Å². The van der Waals surface area contributed by atoms with Gasteiger partial charge in [0, 0.05) is 18.8 Å². The first-order chi connectivity index (χ1) is 7.88. The fourth-order valence-corrected chi connectivity index (χ4v) is 1.34. The van der Waals surface area contributed by atoms with Gasteiger partial charge in [0.15, 0.2) is 0 Å². The smallest absolute Gasteiger partial charge is 0.238 e. The van der Waals surface area contributed by atoms with Crippen LogP contribution in [0.15, 0.2) is 42.6 Å². The molecule has 1 aromatic carbocycles. The van der Waals surface area contributed by atoms with E-state index in [0.717, 1.165) is 12.3 Å². The molecule has 0 amide bonds. The Morgan fingerprint density at radius 3 is 2.62 bits per heavy atom. The van der Waals surface area contributed by atoms with Crippen molar-refractivity contribution >= 4 is 0 Å². The predicted molar refractivity (Wildman–Crippen MR) is 61.3 cm³/mol. The van der Waals surface area contributed by atoms with Gasteiger partial charge in [0.25, 0.3) is 0 Å². The highest BCUT2D eigenvalue weighted by atomic mass is 16.5. The molecular formula is C12H13N3O. The Kier molecular flexibility index (Phi) is 3.46. The van der Waals surface area contributed by atoms with E-state index < -0.39 is 0 Å². The number of nitrogens with one attached hydrogen (secondary N) is 1. The third-order valence-corrected chi connectivity index (χ3v) is 2.07. The SMILES string of the molecule is CNCc1ccc(Oc2cccnn2)cc1. The van der Waals surface area contributed by atoms with Crippen LogP contribution in [0.5, 0.6) is 11.6 Å². The summed E-state index contributed by atoms with van der Waals surface area (Å²) in [5.41, 5.74) is 1.22. The Morgan fingerprint density at radius 1 is 1.19 bits per heavy atom. The highest BCUT2D eigenvalue weighted by Gasteiger charge is 1.98. The molecular weight excluding hydrogens is 202 g/mol. The van der Waals surface area contributed by atoms with Crippen LogP contribution in [0.3, 0.4) is 0 Å². The number of rotatable bonds is 4. The second kappa shape index (κ2) is 5.23. The van der Waals surface area contributed by atoms with Crippen molar-refractivity contribution in [3.63, 3.8) is 0 Å². The van der Waals surface area contributed by atoms with Gasteiger partial charge in [-0.25, -0.2) is 0 Å². The molecule has 2 rings (SSSR count). The average molecular weight is 215 g/mol. The van der Waals surface area contributed by atoms with Crippen molar-refractivity contribution in [2.24, 2.45) is 0 Å². The lowest BCUT2D eigenvalue weighted by atomic mass is 10.2. The molecule has 0 saturated heterocycles. The molecule has 0 unspecified atom stereocenters. The molecule has 2 aromatic rings. The number of hydrogen-bond acceptors (Lipinski definition) is 4. The Labute approximate surface area is 94.3 Å². The average Bonchev–Trinajstić information content (AvgIpc) is 2.33. The van der Waals surface area contributed by atoms with Gasteiger partial charge >= 0.3 is 0 Å². The van der Waals surface area contributed by atoms with E-state index in [1.165, 1.54) is 5.56 Å². The van der Waals surface area contributed by atoms with Gasteiger partial charge in [0.2, 0.25) is 5.88 Å². The highest BCUT2D eigenvalue weighted by molar-refractivity contribution is 5.29. The first kappa shape index (κ1) is 10.6.